The van der Waals surface area contributed by atoms with E-state index >= 15 is 0 Å². The summed E-state index contributed by atoms with van der Waals surface area (Å²) >= 11 is 0. The van der Waals surface area contributed by atoms with Gasteiger partial charge in [0.2, 0.25) is 0 Å². The molecule has 0 spiro atoms. The van der Waals surface area contributed by atoms with Crippen LogP contribution in [0.4, 0.5) is 0 Å². The van der Waals surface area contributed by atoms with Crippen LogP contribution in [0.5, 0.6) is 5.75 Å². The van der Waals surface area contributed by atoms with Gasteiger partial charge in [0, 0.05) is 0 Å². The molecular weight excluding hydrogens is 330 g/mol. The van der Waals surface area contributed by atoms with Crippen molar-refractivity contribution in [3.63, 3.8) is 0 Å². The van der Waals surface area contributed by atoms with Crippen LogP contribution in [-0.4, -0.2) is 42.6 Å². The Morgan fingerprint density at radius 1 is 1.20 bits per heavy atom. The number of carbonyl (C=O) groups excluding carboxylic acids is 1. The molecular formula is C17H19NO7. The molecule has 0 amide bonds. The van der Waals surface area contributed by atoms with Crippen molar-refractivity contribution in [3.8, 4) is 5.75 Å². The Labute approximate surface area is 144 Å². The predicted octanol–water partition coefficient (Wildman–Crippen LogP) is 2.06. The summed E-state index contributed by atoms with van der Waals surface area (Å²) in [6.07, 6.45) is -1.26. The second-order valence-corrected chi connectivity index (χ2v) is 5.50. The topological polar surface area (TPSA) is 108 Å². The van der Waals surface area contributed by atoms with Crippen molar-refractivity contribution in [3.05, 3.63) is 52.1 Å². The lowest BCUT2D eigenvalue weighted by molar-refractivity contribution is -0.759. The number of fused-ring (bicyclic) bond motifs is 1. The maximum atomic E-state index is 12.1. The first-order valence-corrected chi connectivity index (χ1v) is 7.60. The van der Waals surface area contributed by atoms with Gasteiger partial charge in [0.05, 0.1) is 13.0 Å². The Morgan fingerprint density at radius 3 is 2.56 bits per heavy atom. The normalized spacial score (nSPS) is 13.1. The molecule has 2 atom stereocenters. The van der Waals surface area contributed by atoms with Crippen molar-refractivity contribution in [2.75, 3.05) is 20.3 Å². The van der Waals surface area contributed by atoms with Crippen LogP contribution in [0.25, 0.3) is 10.8 Å². The molecule has 0 heterocycles. The lowest BCUT2D eigenvalue weighted by atomic mass is 9.98. The highest BCUT2D eigenvalue weighted by molar-refractivity contribution is 5.86. The zero-order chi connectivity index (χ0) is 18.4. The Bertz CT molecular complexity index is 762. The van der Waals surface area contributed by atoms with E-state index in [1.165, 1.54) is 0 Å². The average molecular weight is 349 g/mol. The van der Waals surface area contributed by atoms with Crippen LogP contribution in [0.1, 0.15) is 18.4 Å². The molecule has 0 saturated carbocycles. The van der Waals surface area contributed by atoms with Gasteiger partial charge in [-0.1, -0.05) is 24.3 Å². The summed E-state index contributed by atoms with van der Waals surface area (Å²) in [5, 5.41) is 20.4. The number of esters is 1. The largest absolute Gasteiger partial charge is 0.497 e. The molecule has 0 aromatic heterocycles. The number of aliphatic hydroxyl groups is 1. The van der Waals surface area contributed by atoms with Gasteiger partial charge in [-0.15, -0.1) is 10.1 Å². The van der Waals surface area contributed by atoms with Crippen LogP contribution in [0.2, 0.25) is 0 Å². The molecule has 0 aliphatic heterocycles. The fourth-order valence-electron chi connectivity index (χ4n) is 2.27. The first-order chi connectivity index (χ1) is 11.9. The molecule has 0 aliphatic rings. The molecule has 0 unspecified atom stereocenters. The summed E-state index contributed by atoms with van der Waals surface area (Å²) in [5.41, 5.74) is 0.763. The Kier molecular flexibility index (Phi) is 6.13. The first-order valence-electron chi connectivity index (χ1n) is 7.60. The van der Waals surface area contributed by atoms with Crippen molar-refractivity contribution < 1.29 is 29.3 Å². The number of aliphatic hydroxyl groups excluding tert-OH is 1. The number of ether oxygens (including phenoxy) is 2. The van der Waals surface area contributed by atoms with Crippen molar-refractivity contribution in [2.45, 2.75) is 18.9 Å². The first kappa shape index (κ1) is 18.5. The lowest BCUT2D eigenvalue weighted by Gasteiger charge is -2.15. The summed E-state index contributed by atoms with van der Waals surface area (Å²) in [7, 11) is 1.60. The van der Waals surface area contributed by atoms with Crippen LogP contribution in [-0.2, 0) is 14.4 Å². The fourth-order valence-corrected chi connectivity index (χ4v) is 2.27. The Hall–Kier alpha value is -2.87. The molecule has 0 bridgehead atoms. The SMILES string of the molecule is COc1ccc2cc([C@H](C)C(=O)OC[C@@H](O)CO[N+](=O)[O-])ccc2c1. The minimum absolute atomic E-state index is 0.373. The van der Waals surface area contributed by atoms with E-state index in [4.69, 9.17) is 9.47 Å². The van der Waals surface area contributed by atoms with Gasteiger partial charge in [-0.3, -0.25) is 4.79 Å². The van der Waals surface area contributed by atoms with E-state index in [1.54, 1.807) is 14.0 Å². The molecule has 0 saturated heterocycles. The van der Waals surface area contributed by atoms with E-state index in [-0.39, 0.29) is 6.61 Å². The molecule has 134 valence electrons. The number of hydrogen-bond acceptors (Lipinski definition) is 7. The van der Waals surface area contributed by atoms with Crippen LogP contribution in [0.3, 0.4) is 0 Å². The van der Waals surface area contributed by atoms with Gasteiger partial charge in [-0.25, -0.2) is 0 Å². The lowest BCUT2D eigenvalue weighted by Crippen LogP contribution is -2.26. The third-order valence-electron chi connectivity index (χ3n) is 3.72. The van der Waals surface area contributed by atoms with Crippen molar-refractivity contribution in [2.24, 2.45) is 0 Å². The zero-order valence-electron chi connectivity index (χ0n) is 13.9. The van der Waals surface area contributed by atoms with Gasteiger partial charge in [0.25, 0.3) is 5.09 Å². The summed E-state index contributed by atoms with van der Waals surface area (Å²) in [6.45, 7) is 0.765. The van der Waals surface area contributed by atoms with Crippen molar-refractivity contribution in [1.82, 2.24) is 0 Å². The molecule has 1 N–H and O–H groups in total. The van der Waals surface area contributed by atoms with E-state index in [0.29, 0.717) is 0 Å². The van der Waals surface area contributed by atoms with Gasteiger partial charge in [-0.05, 0) is 35.4 Å². The minimum atomic E-state index is -1.26. The number of benzene rings is 2. The monoisotopic (exact) mass is 349 g/mol. The van der Waals surface area contributed by atoms with Crippen LogP contribution < -0.4 is 4.74 Å². The number of rotatable bonds is 8. The molecule has 0 aliphatic carbocycles. The van der Waals surface area contributed by atoms with Crippen LogP contribution >= 0.6 is 0 Å². The molecule has 25 heavy (non-hydrogen) atoms. The van der Waals surface area contributed by atoms with Gasteiger partial charge >= 0.3 is 5.97 Å². The predicted molar refractivity (Wildman–Crippen MR) is 88.8 cm³/mol. The smallest absolute Gasteiger partial charge is 0.313 e. The second kappa shape index (κ2) is 8.29. The highest BCUT2D eigenvalue weighted by Crippen LogP contribution is 2.25. The Balaban J connectivity index is 1.99. The third kappa shape index (κ3) is 5.05. The molecule has 8 nitrogen and oxygen atoms in total. The van der Waals surface area contributed by atoms with E-state index < -0.39 is 29.7 Å². The van der Waals surface area contributed by atoms with Crippen LogP contribution in [0, 0.1) is 10.1 Å². The number of carbonyl (C=O) groups is 1. The Morgan fingerprint density at radius 2 is 1.88 bits per heavy atom. The summed E-state index contributed by atoms with van der Waals surface area (Å²) < 4.78 is 10.2. The zero-order valence-corrected chi connectivity index (χ0v) is 13.9. The van der Waals surface area contributed by atoms with E-state index in [0.717, 1.165) is 22.1 Å². The molecule has 2 aromatic carbocycles. The fraction of sp³-hybridized carbons (Fsp3) is 0.353. The molecule has 2 aromatic rings. The van der Waals surface area contributed by atoms with Crippen LogP contribution in [0.15, 0.2) is 36.4 Å². The molecule has 0 fully saturated rings. The maximum Gasteiger partial charge on any atom is 0.313 e. The van der Waals surface area contributed by atoms with Gasteiger partial charge in [0.15, 0.2) is 0 Å². The highest BCUT2D eigenvalue weighted by Gasteiger charge is 2.19. The standard InChI is InChI=1S/C17H19NO7/c1-11(17(20)24-9-15(19)10-25-18(21)22)12-3-4-14-8-16(23-2)6-5-13(14)7-12/h3-8,11,15,19H,9-10H2,1-2H3/t11-,15+/m0/s1. The molecule has 2 rings (SSSR count). The van der Waals surface area contributed by atoms with E-state index in [2.05, 4.69) is 4.84 Å². The maximum absolute atomic E-state index is 12.1. The second-order valence-electron chi connectivity index (χ2n) is 5.50. The third-order valence-corrected chi connectivity index (χ3v) is 3.72. The minimum Gasteiger partial charge on any atom is -0.497 e. The van der Waals surface area contributed by atoms with Crippen molar-refractivity contribution >= 4 is 16.7 Å². The summed E-state index contributed by atoms with van der Waals surface area (Å²) in [6, 6.07) is 11.2. The number of methoxy groups -OCH3 is 1. The molecule has 8 heteroatoms. The highest BCUT2D eigenvalue weighted by atomic mass is 17.0. The number of hydrogen-bond donors (Lipinski definition) is 1. The van der Waals surface area contributed by atoms with Gasteiger partial charge in [-0.2, -0.15) is 0 Å². The summed E-state index contributed by atoms with van der Waals surface area (Å²) in [5.74, 6) is -0.332. The molecule has 0 radical (unpaired) electrons. The van der Waals surface area contributed by atoms with E-state index in [9.17, 15) is 20.0 Å². The summed E-state index contributed by atoms with van der Waals surface area (Å²) in [4.78, 5) is 26.2. The average Bonchev–Trinajstić information content (AvgIpc) is 2.62. The van der Waals surface area contributed by atoms with Gasteiger partial charge < -0.3 is 19.4 Å². The van der Waals surface area contributed by atoms with Gasteiger partial charge in [0.1, 0.15) is 25.1 Å². The quantitative estimate of drug-likeness (QED) is 0.441. The van der Waals surface area contributed by atoms with E-state index in [1.807, 2.05) is 36.4 Å². The number of nitrogens with zero attached hydrogens (tertiary/aromatic N) is 1. The van der Waals surface area contributed by atoms with Crippen molar-refractivity contribution in [1.29, 1.82) is 0 Å².